The van der Waals surface area contributed by atoms with E-state index in [1.807, 2.05) is 20.8 Å². The Hall–Kier alpha value is -0.830. The number of hydrogen-bond donors (Lipinski definition) is 2. The maximum absolute atomic E-state index is 5.24. The predicted octanol–water partition coefficient (Wildman–Crippen LogP) is 1.04. The molecule has 0 heterocycles. The molecular weight excluding hydrogens is 126 g/mol. The van der Waals surface area contributed by atoms with Gasteiger partial charge in [-0.15, -0.1) is 0 Å². The first-order chi connectivity index (χ1) is 4.52. The summed E-state index contributed by atoms with van der Waals surface area (Å²) in [7, 11) is 0. The number of nitrogens with two attached hydrogens (primary N) is 1. The maximum atomic E-state index is 5.24. The van der Waals surface area contributed by atoms with Gasteiger partial charge in [-0.25, -0.2) is 0 Å². The van der Waals surface area contributed by atoms with Gasteiger partial charge >= 0.3 is 0 Å². The lowest BCUT2D eigenvalue weighted by Gasteiger charge is -2.20. The Kier molecular flexibility index (Phi) is 3.09. The van der Waals surface area contributed by atoms with E-state index in [1.54, 1.807) is 6.20 Å². The molecule has 0 saturated heterocycles. The summed E-state index contributed by atoms with van der Waals surface area (Å²) < 4.78 is 0. The Morgan fingerprint density at radius 2 is 2.10 bits per heavy atom. The average molecular weight is 141 g/mol. The quantitative estimate of drug-likeness (QED) is 0.343. The Morgan fingerprint density at radius 1 is 1.60 bits per heavy atom. The van der Waals surface area contributed by atoms with E-state index >= 15 is 0 Å². The van der Waals surface area contributed by atoms with Crippen molar-refractivity contribution in [3.8, 4) is 0 Å². The molecule has 0 unspecified atom stereocenters. The molecule has 0 aromatic rings. The molecular formula is C7H15N3. The van der Waals surface area contributed by atoms with Crippen molar-refractivity contribution in [1.82, 2.24) is 5.43 Å². The molecule has 0 saturated carbocycles. The van der Waals surface area contributed by atoms with Crippen molar-refractivity contribution < 1.29 is 0 Å². The van der Waals surface area contributed by atoms with Crippen LogP contribution in [0.4, 0.5) is 0 Å². The second-order valence-corrected chi connectivity index (χ2v) is 3.12. The number of nitrogens with one attached hydrogen (secondary N) is 1. The fourth-order valence-electron chi connectivity index (χ4n) is 0.539. The van der Waals surface area contributed by atoms with Gasteiger partial charge in [0, 0.05) is 17.3 Å². The van der Waals surface area contributed by atoms with Crippen molar-refractivity contribution in [2.45, 2.75) is 20.8 Å². The lowest BCUT2D eigenvalue weighted by atomic mass is 9.93. The van der Waals surface area contributed by atoms with E-state index in [9.17, 15) is 0 Å². The van der Waals surface area contributed by atoms with Gasteiger partial charge in [0.15, 0.2) is 0 Å². The predicted molar refractivity (Wildman–Crippen MR) is 44.4 cm³/mol. The highest BCUT2D eigenvalue weighted by atomic mass is 15.2. The summed E-state index contributed by atoms with van der Waals surface area (Å²) in [6, 6.07) is 0. The van der Waals surface area contributed by atoms with Crippen molar-refractivity contribution in [3.05, 3.63) is 11.9 Å². The molecule has 0 amide bonds. The second-order valence-electron chi connectivity index (χ2n) is 3.12. The maximum Gasteiger partial charge on any atom is 0.0495 e. The number of hydrogen-bond acceptors (Lipinski definition) is 3. The molecule has 0 spiro atoms. The standard InChI is InChI=1S/C7H15N3/c1-7(2,3)6(10-8)5-9-4/h5,10H,4,8H2,1-3H3/b6-5-. The lowest BCUT2D eigenvalue weighted by molar-refractivity contribution is 0.462. The third-order valence-corrected chi connectivity index (χ3v) is 1.18. The van der Waals surface area contributed by atoms with Gasteiger partial charge in [0.05, 0.1) is 0 Å². The minimum absolute atomic E-state index is 0.00986. The van der Waals surface area contributed by atoms with Crippen LogP contribution in [-0.2, 0) is 0 Å². The molecule has 0 atom stereocenters. The van der Waals surface area contributed by atoms with Crippen molar-refractivity contribution in [1.29, 1.82) is 0 Å². The molecule has 0 aliphatic carbocycles. The van der Waals surface area contributed by atoms with E-state index in [1.165, 1.54) is 0 Å². The van der Waals surface area contributed by atoms with Gasteiger partial charge < -0.3 is 5.43 Å². The molecule has 58 valence electrons. The number of rotatable bonds is 2. The van der Waals surface area contributed by atoms with Gasteiger partial charge in [0.2, 0.25) is 0 Å². The van der Waals surface area contributed by atoms with Crippen LogP contribution < -0.4 is 11.3 Å². The largest absolute Gasteiger partial charge is 0.326 e. The Balaban J connectivity index is 4.35. The molecule has 0 aliphatic heterocycles. The summed E-state index contributed by atoms with van der Waals surface area (Å²) >= 11 is 0. The van der Waals surface area contributed by atoms with Crippen molar-refractivity contribution in [2.24, 2.45) is 16.3 Å². The first-order valence-corrected chi connectivity index (χ1v) is 3.15. The van der Waals surface area contributed by atoms with Crippen LogP contribution in [0.15, 0.2) is 16.9 Å². The zero-order valence-corrected chi connectivity index (χ0v) is 6.81. The smallest absolute Gasteiger partial charge is 0.0495 e. The van der Waals surface area contributed by atoms with Crippen LogP contribution in [-0.4, -0.2) is 6.72 Å². The van der Waals surface area contributed by atoms with Gasteiger partial charge in [-0.2, -0.15) is 0 Å². The first kappa shape index (κ1) is 9.17. The zero-order chi connectivity index (χ0) is 8.20. The molecule has 3 nitrogen and oxygen atoms in total. The Labute approximate surface area is 62.0 Å². The van der Waals surface area contributed by atoms with Crippen molar-refractivity contribution in [2.75, 3.05) is 0 Å². The summed E-state index contributed by atoms with van der Waals surface area (Å²) in [4.78, 5) is 3.62. The molecule has 0 aromatic carbocycles. The van der Waals surface area contributed by atoms with E-state index in [0.717, 1.165) is 5.70 Å². The normalized spacial score (nSPS) is 13.0. The van der Waals surface area contributed by atoms with Crippen LogP contribution in [0.1, 0.15) is 20.8 Å². The van der Waals surface area contributed by atoms with Gasteiger partial charge in [-0.3, -0.25) is 10.8 Å². The highest BCUT2D eigenvalue weighted by Crippen LogP contribution is 2.21. The highest BCUT2D eigenvalue weighted by molar-refractivity contribution is 5.27. The van der Waals surface area contributed by atoms with Crippen molar-refractivity contribution in [3.63, 3.8) is 0 Å². The van der Waals surface area contributed by atoms with Crippen LogP contribution in [0.3, 0.4) is 0 Å². The summed E-state index contributed by atoms with van der Waals surface area (Å²) in [6.07, 6.45) is 1.62. The average Bonchev–Trinajstić information content (AvgIpc) is 1.80. The third kappa shape index (κ3) is 2.64. The van der Waals surface area contributed by atoms with Crippen LogP contribution >= 0.6 is 0 Å². The van der Waals surface area contributed by atoms with Gasteiger partial charge in [-0.05, 0) is 6.72 Å². The molecule has 0 aromatic heterocycles. The molecule has 0 radical (unpaired) electrons. The minimum atomic E-state index is 0.00986. The monoisotopic (exact) mass is 141 g/mol. The number of aliphatic imine (C=N–C) groups is 1. The van der Waals surface area contributed by atoms with Crippen LogP contribution in [0.25, 0.3) is 0 Å². The Bertz CT molecular complexity index is 141. The Morgan fingerprint density at radius 3 is 2.20 bits per heavy atom. The molecule has 3 heteroatoms. The molecule has 10 heavy (non-hydrogen) atoms. The molecule has 0 bridgehead atoms. The van der Waals surface area contributed by atoms with Crippen LogP contribution in [0, 0.1) is 5.41 Å². The van der Waals surface area contributed by atoms with E-state index in [0.29, 0.717) is 0 Å². The fourth-order valence-corrected chi connectivity index (χ4v) is 0.539. The van der Waals surface area contributed by atoms with Crippen LogP contribution in [0.2, 0.25) is 0 Å². The first-order valence-electron chi connectivity index (χ1n) is 3.15. The summed E-state index contributed by atoms with van der Waals surface area (Å²) in [6.45, 7) is 9.48. The molecule has 3 N–H and O–H groups in total. The van der Waals surface area contributed by atoms with E-state index in [4.69, 9.17) is 5.84 Å². The summed E-state index contributed by atoms with van der Waals surface area (Å²) in [5, 5.41) is 0. The number of allylic oxidation sites excluding steroid dienone is 1. The SMILES string of the molecule is C=N/C=C(\NN)C(C)(C)C. The summed E-state index contributed by atoms with van der Waals surface area (Å²) in [5.41, 5.74) is 3.46. The zero-order valence-electron chi connectivity index (χ0n) is 6.81. The summed E-state index contributed by atoms with van der Waals surface area (Å²) in [5.74, 6) is 5.24. The minimum Gasteiger partial charge on any atom is -0.326 e. The third-order valence-electron chi connectivity index (χ3n) is 1.18. The molecule has 0 fully saturated rings. The van der Waals surface area contributed by atoms with Gasteiger partial charge in [0.25, 0.3) is 0 Å². The topological polar surface area (TPSA) is 50.4 Å². The lowest BCUT2D eigenvalue weighted by Crippen LogP contribution is -2.29. The van der Waals surface area contributed by atoms with E-state index in [-0.39, 0.29) is 5.41 Å². The number of nitrogens with zero attached hydrogens (tertiary/aromatic N) is 1. The van der Waals surface area contributed by atoms with Crippen LogP contribution in [0.5, 0.6) is 0 Å². The van der Waals surface area contributed by atoms with E-state index < -0.39 is 0 Å². The number of hydrazine groups is 1. The van der Waals surface area contributed by atoms with E-state index in [2.05, 4.69) is 17.1 Å². The molecule has 0 rings (SSSR count). The fraction of sp³-hybridized carbons (Fsp3) is 0.571. The van der Waals surface area contributed by atoms with Gasteiger partial charge in [-0.1, -0.05) is 20.8 Å². The highest BCUT2D eigenvalue weighted by Gasteiger charge is 2.15. The molecule has 0 aliphatic rings. The van der Waals surface area contributed by atoms with Crippen molar-refractivity contribution >= 4 is 6.72 Å². The van der Waals surface area contributed by atoms with Gasteiger partial charge in [0.1, 0.15) is 0 Å². The second kappa shape index (κ2) is 3.37.